The molecule has 0 aliphatic rings. The zero-order chi connectivity index (χ0) is 14.1. The van der Waals surface area contributed by atoms with Crippen LogP contribution in [0.25, 0.3) is 0 Å². The molecular formula is C13H21NO3S. The van der Waals surface area contributed by atoms with Crippen LogP contribution in [0.4, 0.5) is 0 Å². The zero-order valence-electron chi connectivity index (χ0n) is 11.5. The molecule has 5 heteroatoms. The molecule has 18 heavy (non-hydrogen) atoms. The van der Waals surface area contributed by atoms with E-state index in [2.05, 4.69) is 4.72 Å². The van der Waals surface area contributed by atoms with Crippen molar-refractivity contribution in [3.8, 4) is 0 Å². The molecule has 102 valence electrons. The van der Waals surface area contributed by atoms with Crippen molar-refractivity contribution in [1.29, 1.82) is 0 Å². The molecule has 0 spiro atoms. The summed E-state index contributed by atoms with van der Waals surface area (Å²) in [4.78, 5) is 0.334. The Balaban J connectivity index is 3.32. The number of rotatable bonds is 4. The van der Waals surface area contributed by atoms with E-state index in [0.717, 1.165) is 22.3 Å². The Morgan fingerprint density at radius 3 is 2.00 bits per heavy atom. The molecule has 1 aromatic carbocycles. The van der Waals surface area contributed by atoms with Crippen molar-refractivity contribution in [3.05, 3.63) is 28.3 Å². The summed E-state index contributed by atoms with van der Waals surface area (Å²) in [5.74, 6) is 0. The van der Waals surface area contributed by atoms with E-state index in [1.807, 2.05) is 19.9 Å². The standard InChI is InChI=1S/C13H21NO3S/c1-8-6-9(2)12(5)13(11(8)4)18(16,17)14-7-10(3)15/h6,10,14-15H,7H2,1-5H3/t10-/m0/s1. The SMILES string of the molecule is Cc1cc(C)c(C)c(S(=O)(=O)NC[C@H](C)O)c1C. The first-order valence-electron chi connectivity index (χ1n) is 5.92. The molecule has 4 nitrogen and oxygen atoms in total. The molecule has 2 N–H and O–H groups in total. The lowest BCUT2D eigenvalue weighted by Gasteiger charge is -2.16. The van der Waals surface area contributed by atoms with Gasteiger partial charge in [-0.25, -0.2) is 13.1 Å². The van der Waals surface area contributed by atoms with Gasteiger partial charge in [-0.3, -0.25) is 0 Å². The van der Waals surface area contributed by atoms with Gasteiger partial charge in [0, 0.05) is 6.54 Å². The van der Waals surface area contributed by atoms with E-state index in [4.69, 9.17) is 0 Å². The van der Waals surface area contributed by atoms with Crippen LogP contribution in [-0.4, -0.2) is 26.2 Å². The minimum atomic E-state index is -3.57. The summed E-state index contributed by atoms with van der Waals surface area (Å²) < 4.78 is 27.0. The fraction of sp³-hybridized carbons (Fsp3) is 0.538. The molecule has 1 aromatic rings. The van der Waals surface area contributed by atoms with Gasteiger partial charge in [0.25, 0.3) is 0 Å². The van der Waals surface area contributed by atoms with Gasteiger partial charge in [-0.1, -0.05) is 6.07 Å². The van der Waals surface area contributed by atoms with Crippen LogP contribution in [0.5, 0.6) is 0 Å². The maximum Gasteiger partial charge on any atom is 0.241 e. The third kappa shape index (κ3) is 3.10. The Labute approximate surface area is 109 Å². The fourth-order valence-corrected chi connectivity index (χ4v) is 3.62. The summed E-state index contributed by atoms with van der Waals surface area (Å²) in [6.45, 7) is 8.97. The van der Waals surface area contributed by atoms with Gasteiger partial charge in [-0.2, -0.15) is 0 Å². The number of aliphatic hydroxyl groups excluding tert-OH is 1. The number of hydrogen-bond donors (Lipinski definition) is 2. The Bertz CT molecular complexity index is 522. The van der Waals surface area contributed by atoms with Crippen molar-refractivity contribution in [2.75, 3.05) is 6.54 Å². The minimum Gasteiger partial charge on any atom is -0.392 e. The average molecular weight is 271 g/mol. The van der Waals surface area contributed by atoms with Crippen LogP contribution >= 0.6 is 0 Å². The lowest BCUT2D eigenvalue weighted by Crippen LogP contribution is -2.31. The molecule has 0 aliphatic heterocycles. The van der Waals surface area contributed by atoms with Crippen LogP contribution in [0.3, 0.4) is 0 Å². The summed E-state index contributed by atoms with van der Waals surface area (Å²) in [6.07, 6.45) is -0.703. The van der Waals surface area contributed by atoms with E-state index in [0.29, 0.717) is 4.90 Å². The van der Waals surface area contributed by atoms with E-state index in [9.17, 15) is 13.5 Å². The average Bonchev–Trinajstić information content (AvgIpc) is 2.24. The van der Waals surface area contributed by atoms with Gasteiger partial charge in [-0.15, -0.1) is 0 Å². The monoisotopic (exact) mass is 271 g/mol. The molecule has 0 aromatic heterocycles. The highest BCUT2D eigenvalue weighted by atomic mass is 32.2. The van der Waals surface area contributed by atoms with Gasteiger partial charge in [-0.05, 0) is 56.9 Å². The molecule has 0 unspecified atom stereocenters. The Morgan fingerprint density at radius 2 is 1.61 bits per heavy atom. The second-order valence-electron chi connectivity index (χ2n) is 4.79. The van der Waals surface area contributed by atoms with Crippen molar-refractivity contribution >= 4 is 10.0 Å². The molecule has 0 saturated heterocycles. The highest BCUT2D eigenvalue weighted by molar-refractivity contribution is 7.89. The van der Waals surface area contributed by atoms with Crippen LogP contribution in [0, 0.1) is 27.7 Å². The van der Waals surface area contributed by atoms with Crippen LogP contribution < -0.4 is 4.72 Å². The number of aliphatic hydroxyl groups is 1. The van der Waals surface area contributed by atoms with Crippen molar-refractivity contribution in [2.45, 2.75) is 45.6 Å². The largest absolute Gasteiger partial charge is 0.392 e. The Kier molecular flexibility index (Phi) is 4.53. The number of aryl methyl sites for hydroxylation is 2. The third-order valence-electron chi connectivity index (χ3n) is 3.13. The topological polar surface area (TPSA) is 66.4 Å². The van der Waals surface area contributed by atoms with E-state index < -0.39 is 16.1 Å². The van der Waals surface area contributed by atoms with E-state index in [1.54, 1.807) is 20.8 Å². The van der Waals surface area contributed by atoms with E-state index in [-0.39, 0.29) is 6.54 Å². The summed E-state index contributed by atoms with van der Waals surface area (Å²) in [6, 6.07) is 1.98. The summed E-state index contributed by atoms with van der Waals surface area (Å²) in [5, 5.41) is 9.18. The van der Waals surface area contributed by atoms with Gasteiger partial charge in [0.15, 0.2) is 0 Å². The lowest BCUT2D eigenvalue weighted by molar-refractivity contribution is 0.198. The first-order valence-corrected chi connectivity index (χ1v) is 7.40. The summed E-state index contributed by atoms with van der Waals surface area (Å²) >= 11 is 0. The minimum absolute atomic E-state index is 0.0220. The van der Waals surface area contributed by atoms with Gasteiger partial charge in [0.2, 0.25) is 10.0 Å². The number of hydrogen-bond acceptors (Lipinski definition) is 3. The normalized spacial score (nSPS) is 13.7. The van der Waals surface area contributed by atoms with Crippen LogP contribution in [0.2, 0.25) is 0 Å². The maximum absolute atomic E-state index is 12.3. The third-order valence-corrected chi connectivity index (χ3v) is 4.83. The fourth-order valence-electron chi connectivity index (χ4n) is 1.89. The van der Waals surface area contributed by atoms with Crippen molar-refractivity contribution < 1.29 is 13.5 Å². The summed E-state index contributed by atoms with van der Waals surface area (Å²) in [5.41, 5.74) is 3.43. The van der Waals surface area contributed by atoms with Crippen molar-refractivity contribution in [1.82, 2.24) is 4.72 Å². The number of benzene rings is 1. The highest BCUT2D eigenvalue weighted by Crippen LogP contribution is 2.25. The molecule has 0 heterocycles. The Morgan fingerprint density at radius 1 is 1.17 bits per heavy atom. The van der Waals surface area contributed by atoms with Crippen LogP contribution in [-0.2, 0) is 10.0 Å². The lowest BCUT2D eigenvalue weighted by atomic mass is 10.0. The second kappa shape index (κ2) is 5.38. The maximum atomic E-state index is 12.3. The molecular weight excluding hydrogens is 250 g/mol. The van der Waals surface area contributed by atoms with Crippen LogP contribution in [0.1, 0.15) is 29.2 Å². The zero-order valence-corrected chi connectivity index (χ0v) is 12.4. The van der Waals surface area contributed by atoms with Gasteiger partial charge >= 0.3 is 0 Å². The predicted octanol–water partition coefficient (Wildman–Crippen LogP) is 1.58. The number of sulfonamides is 1. The quantitative estimate of drug-likeness (QED) is 0.873. The molecule has 0 saturated carbocycles. The van der Waals surface area contributed by atoms with Gasteiger partial charge in [0.05, 0.1) is 11.0 Å². The van der Waals surface area contributed by atoms with Crippen molar-refractivity contribution in [3.63, 3.8) is 0 Å². The first-order chi connectivity index (χ1) is 8.16. The molecule has 0 bridgehead atoms. The molecule has 0 amide bonds. The smallest absolute Gasteiger partial charge is 0.241 e. The molecule has 0 radical (unpaired) electrons. The summed E-state index contributed by atoms with van der Waals surface area (Å²) in [7, 11) is -3.57. The highest BCUT2D eigenvalue weighted by Gasteiger charge is 2.21. The molecule has 1 rings (SSSR count). The van der Waals surface area contributed by atoms with Crippen LogP contribution in [0.15, 0.2) is 11.0 Å². The van der Waals surface area contributed by atoms with E-state index in [1.165, 1.54) is 0 Å². The molecule has 0 aliphatic carbocycles. The number of nitrogens with one attached hydrogen (secondary N) is 1. The second-order valence-corrected chi connectivity index (χ2v) is 6.49. The van der Waals surface area contributed by atoms with Gasteiger partial charge in [0.1, 0.15) is 0 Å². The molecule has 0 fully saturated rings. The predicted molar refractivity (Wildman–Crippen MR) is 72.3 cm³/mol. The van der Waals surface area contributed by atoms with E-state index >= 15 is 0 Å². The van der Waals surface area contributed by atoms with Gasteiger partial charge < -0.3 is 5.11 Å². The Hall–Kier alpha value is -0.910. The first kappa shape index (κ1) is 15.1. The molecule has 1 atom stereocenters. The van der Waals surface area contributed by atoms with Crippen molar-refractivity contribution in [2.24, 2.45) is 0 Å².